The van der Waals surface area contributed by atoms with Crippen LogP contribution >= 0.6 is 0 Å². The van der Waals surface area contributed by atoms with E-state index in [1.807, 2.05) is 0 Å². The number of hydrogen-bond donors (Lipinski definition) is 1. The van der Waals surface area contributed by atoms with Gasteiger partial charge in [0.25, 0.3) is 0 Å². The van der Waals surface area contributed by atoms with Crippen LogP contribution in [0.3, 0.4) is 0 Å². The molecule has 86 valence electrons. The van der Waals surface area contributed by atoms with Crippen LogP contribution in [0.1, 0.15) is 19.3 Å². The summed E-state index contributed by atoms with van der Waals surface area (Å²) in [6, 6.07) is 0. The first-order valence-corrected chi connectivity index (χ1v) is 6.41. The Morgan fingerprint density at radius 2 is 2.25 bits per heavy atom. The van der Waals surface area contributed by atoms with Crippen molar-refractivity contribution >= 4 is 0 Å². The number of hydrogen-bond acceptors (Lipinski definition) is 3. The van der Waals surface area contributed by atoms with Crippen LogP contribution in [0.4, 0.5) is 0 Å². The molecule has 0 aliphatic carbocycles. The van der Waals surface area contributed by atoms with Gasteiger partial charge in [0.05, 0.1) is 0 Å². The summed E-state index contributed by atoms with van der Waals surface area (Å²) in [4.78, 5) is 2.57. The number of dihydropyridines is 1. The molecule has 0 radical (unpaired) electrons. The normalized spacial score (nSPS) is 44.5. The molecule has 1 unspecified atom stereocenters. The molecule has 0 aromatic heterocycles. The van der Waals surface area contributed by atoms with E-state index in [2.05, 4.69) is 22.4 Å². The predicted molar refractivity (Wildman–Crippen MR) is 61.8 cm³/mol. The highest BCUT2D eigenvalue weighted by molar-refractivity contribution is 5.33. The molecule has 0 aromatic carbocycles. The first kappa shape index (κ1) is 9.11. The Bertz CT molecular complexity index is 379. The van der Waals surface area contributed by atoms with E-state index in [4.69, 9.17) is 4.74 Å². The van der Waals surface area contributed by atoms with Gasteiger partial charge in [-0.15, -0.1) is 0 Å². The fourth-order valence-corrected chi connectivity index (χ4v) is 3.79. The highest BCUT2D eigenvalue weighted by Gasteiger charge is 2.52. The van der Waals surface area contributed by atoms with E-state index in [1.54, 1.807) is 0 Å². The van der Waals surface area contributed by atoms with Crippen LogP contribution in [0.5, 0.6) is 0 Å². The Morgan fingerprint density at radius 1 is 1.38 bits per heavy atom. The number of nitrogens with one attached hydrogen (secondary N) is 1. The van der Waals surface area contributed by atoms with E-state index >= 15 is 0 Å². The lowest BCUT2D eigenvalue weighted by Crippen LogP contribution is -2.59. The van der Waals surface area contributed by atoms with Crippen molar-refractivity contribution in [3.63, 3.8) is 0 Å². The van der Waals surface area contributed by atoms with E-state index in [1.165, 1.54) is 31.5 Å². The van der Waals surface area contributed by atoms with Crippen LogP contribution in [0.15, 0.2) is 23.6 Å². The third kappa shape index (κ3) is 1.12. The van der Waals surface area contributed by atoms with Crippen LogP contribution < -0.4 is 5.32 Å². The van der Waals surface area contributed by atoms with Crippen molar-refractivity contribution in [1.29, 1.82) is 0 Å². The second kappa shape index (κ2) is 3.04. The van der Waals surface area contributed by atoms with Gasteiger partial charge in [0.1, 0.15) is 5.60 Å². The summed E-state index contributed by atoms with van der Waals surface area (Å²) in [5.41, 5.74) is 1.50. The molecule has 0 saturated carbocycles. The fourth-order valence-electron chi connectivity index (χ4n) is 3.79. The van der Waals surface area contributed by atoms with Gasteiger partial charge in [-0.2, -0.15) is 0 Å². The largest absolute Gasteiger partial charge is 0.470 e. The van der Waals surface area contributed by atoms with E-state index in [0.717, 1.165) is 31.3 Å². The molecule has 0 aromatic rings. The molecule has 3 fully saturated rings. The maximum atomic E-state index is 6.30. The number of piperidine rings is 3. The zero-order chi connectivity index (χ0) is 10.6. The molecule has 5 heterocycles. The molecular weight excluding hydrogens is 200 g/mol. The third-order valence-electron chi connectivity index (χ3n) is 4.61. The average molecular weight is 218 g/mol. The van der Waals surface area contributed by atoms with Gasteiger partial charge in [-0.1, -0.05) is 12.2 Å². The van der Waals surface area contributed by atoms with Crippen molar-refractivity contribution in [2.75, 3.05) is 26.2 Å². The van der Waals surface area contributed by atoms with Crippen molar-refractivity contribution in [3.8, 4) is 0 Å². The molecule has 3 saturated heterocycles. The Balaban J connectivity index is 1.64. The van der Waals surface area contributed by atoms with Crippen molar-refractivity contribution < 1.29 is 4.74 Å². The Kier molecular flexibility index (Phi) is 1.73. The van der Waals surface area contributed by atoms with Crippen LogP contribution in [0, 0.1) is 5.92 Å². The van der Waals surface area contributed by atoms with E-state index < -0.39 is 0 Å². The van der Waals surface area contributed by atoms with Crippen molar-refractivity contribution in [3.05, 3.63) is 23.6 Å². The molecular formula is C13H18N2O. The summed E-state index contributed by atoms with van der Waals surface area (Å²) in [5.74, 6) is 1.84. The van der Waals surface area contributed by atoms with Gasteiger partial charge >= 0.3 is 0 Å². The van der Waals surface area contributed by atoms with E-state index in [0.29, 0.717) is 0 Å². The summed E-state index contributed by atoms with van der Waals surface area (Å²) in [7, 11) is 0. The van der Waals surface area contributed by atoms with E-state index in [-0.39, 0.29) is 5.60 Å². The number of fused-ring (bicyclic) bond motifs is 2. The highest BCUT2D eigenvalue weighted by atomic mass is 16.5. The summed E-state index contributed by atoms with van der Waals surface area (Å²) in [6.07, 6.45) is 8.21. The second-order valence-corrected chi connectivity index (χ2v) is 5.53. The van der Waals surface area contributed by atoms with Crippen LogP contribution in [0.25, 0.3) is 0 Å². The smallest absolute Gasteiger partial charge is 0.190 e. The number of ether oxygens (including phenoxy) is 1. The standard InChI is InChI=1S/C13H18N2O/c1-2-10-8-13(16-12(10)14-5-1)9-15-6-3-11(13)4-7-15/h1-2,11,14H,3-9H2. The second-order valence-electron chi connectivity index (χ2n) is 5.53. The zero-order valence-electron chi connectivity index (χ0n) is 9.54. The number of rotatable bonds is 0. The minimum Gasteiger partial charge on any atom is -0.470 e. The summed E-state index contributed by atoms with van der Waals surface area (Å²) < 4.78 is 6.30. The first-order valence-electron chi connectivity index (χ1n) is 6.41. The Morgan fingerprint density at radius 3 is 2.94 bits per heavy atom. The zero-order valence-corrected chi connectivity index (χ0v) is 9.54. The minimum atomic E-state index is 0.114. The lowest BCUT2D eigenvalue weighted by molar-refractivity contribution is -0.116. The molecule has 1 atom stereocenters. The van der Waals surface area contributed by atoms with Gasteiger partial charge in [0.2, 0.25) is 0 Å². The molecule has 5 rings (SSSR count). The SMILES string of the molecule is C1=CC2=C(NC1)OC1(C2)CN2CCC1CC2. The van der Waals surface area contributed by atoms with Crippen molar-refractivity contribution in [2.45, 2.75) is 24.9 Å². The Hall–Kier alpha value is -0.960. The fraction of sp³-hybridized carbons (Fsp3) is 0.692. The minimum absolute atomic E-state index is 0.114. The van der Waals surface area contributed by atoms with E-state index in [9.17, 15) is 0 Å². The molecule has 1 spiro atoms. The van der Waals surface area contributed by atoms with Crippen molar-refractivity contribution in [2.24, 2.45) is 5.92 Å². The number of nitrogens with zero attached hydrogens (tertiary/aromatic N) is 1. The molecule has 5 aliphatic heterocycles. The first-order chi connectivity index (χ1) is 7.86. The molecule has 16 heavy (non-hydrogen) atoms. The molecule has 3 heteroatoms. The summed E-state index contributed by atoms with van der Waals surface area (Å²) in [6.45, 7) is 4.62. The lowest BCUT2D eigenvalue weighted by Gasteiger charge is -2.50. The average Bonchev–Trinajstić information content (AvgIpc) is 2.68. The highest BCUT2D eigenvalue weighted by Crippen LogP contribution is 2.47. The molecule has 2 bridgehead atoms. The van der Waals surface area contributed by atoms with Gasteiger partial charge in [-0.3, -0.25) is 4.90 Å². The summed E-state index contributed by atoms with van der Waals surface area (Å²) in [5, 5.41) is 3.36. The predicted octanol–water partition coefficient (Wildman–Crippen LogP) is 1.24. The molecule has 1 N–H and O–H groups in total. The van der Waals surface area contributed by atoms with Crippen LogP contribution in [-0.4, -0.2) is 36.7 Å². The lowest BCUT2D eigenvalue weighted by atomic mass is 9.73. The van der Waals surface area contributed by atoms with Crippen LogP contribution in [0.2, 0.25) is 0 Å². The van der Waals surface area contributed by atoms with Gasteiger partial charge in [-0.25, -0.2) is 0 Å². The summed E-state index contributed by atoms with van der Waals surface area (Å²) >= 11 is 0. The number of allylic oxidation sites excluding steroid dienone is 1. The maximum absolute atomic E-state index is 6.30. The maximum Gasteiger partial charge on any atom is 0.190 e. The van der Waals surface area contributed by atoms with Crippen molar-refractivity contribution in [1.82, 2.24) is 10.2 Å². The molecule has 3 nitrogen and oxygen atoms in total. The Labute approximate surface area is 96.1 Å². The van der Waals surface area contributed by atoms with Gasteiger partial charge in [0, 0.05) is 31.0 Å². The van der Waals surface area contributed by atoms with Gasteiger partial charge in [-0.05, 0) is 25.9 Å². The quantitative estimate of drug-likeness (QED) is 0.662. The molecule has 0 amide bonds. The topological polar surface area (TPSA) is 24.5 Å². The monoisotopic (exact) mass is 218 g/mol. The van der Waals surface area contributed by atoms with Crippen LogP contribution in [-0.2, 0) is 4.74 Å². The van der Waals surface area contributed by atoms with Gasteiger partial charge in [0.15, 0.2) is 5.88 Å². The third-order valence-corrected chi connectivity index (χ3v) is 4.61. The van der Waals surface area contributed by atoms with Gasteiger partial charge < -0.3 is 10.1 Å². The molecule has 5 aliphatic rings.